The molecule has 0 aliphatic carbocycles. The molecule has 0 N–H and O–H groups in total. The Morgan fingerprint density at radius 3 is 2.64 bits per heavy atom. The summed E-state index contributed by atoms with van der Waals surface area (Å²) in [6.07, 6.45) is 5.93. The Balaban J connectivity index is 1.75. The fourth-order valence-corrected chi connectivity index (χ4v) is 4.27. The van der Waals surface area contributed by atoms with E-state index in [-0.39, 0.29) is 10.9 Å². The maximum absolute atomic E-state index is 12.4. The van der Waals surface area contributed by atoms with Crippen molar-refractivity contribution in [3.05, 3.63) is 30.2 Å². The Hall–Kier alpha value is -1.67. The topological polar surface area (TPSA) is 73.0 Å². The van der Waals surface area contributed by atoms with E-state index in [1.54, 1.807) is 11.6 Å². The van der Waals surface area contributed by atoms with Gasteiger partial charge in [-0.15, -0.1) is 0 Å². The fraction of sp³-hybridized carbons (Fsp3) is 0.571. The predicted molar refractivity (Wildman–Crippen MR) is 82.0 cm³/mol. The number of hydrogen-bond acceptors (Lipinski definition) is 4. The standard InChI is InChI=1S/C14H21N5O2S/c1-4-5-19-11(2)6-15-14(19)12-7-18(8-12)22(20,21)13-9-17(3)10-16-13/h6,9-10,12H,4-5,7-8H2,1-3H3. The van der Waals surface area contributed by atoms with E-state index in [0.29, 0.717) is 13.1 Å². The second-order valence-corrected chi connectivity index (χ2v) is 7.69. The second kappa shape index (κ2) is 5.51. The third-order valence-corrected chi connectivity index (χ3v) is 5.75. The lowest BCUT2D eigenvalue weighted by Crippen LogP contribution is -2.49. The monoisotopic (exact) mass is 323 g/mol. The van der Waals surface area contributed by atoms with Crippen LogP contribution in [0.4, 0.5) is 0 Å². The van der Waals surface area contributed by atoms with Crippen LogP contribution in [0, 0.1) is 6.92 Å². The van der Waals surface area contributed by atoms with Gasteiger partial charge in [0.05, 0.1) is 6.33 Å². The quantitative estimate of drug-likeness (QED) is 0.826. The van der Waals surface area contributed by atoms with E-state index in [9.17, 15) is 8.42 Å². The van der Waals surface area contributed by atoms with Crippen molar-refractivity contribution in [1.82, 2.24) is 23.4 Å². The van der Waals surface area contributed by atoms with Crippen LogP contribution in [0.1, 0.15) is 30.8 Å². The van der Waals surface area contributed by atoms with Crippen molar-refractivity contribution in [2.45, 2.75) is 37.8 Å². The summed E-state index contributed by atoms with van der Waals surface area (Å²) in [5.74, 6) is 1.16. The highest BCUT2D eigenvalue weighted by Crippen LogP contribution is 2.31. The van der Waals surface area contributed by atoms with E-state index in [2.05, 4.69) is 21.5 Å². The van der Waals surface area contributed by atoms with E-state index >= 15 is 0 Å². The van der Waals surface area contributed by atoms with Gasteiger partial charge in [0.1, 0.15) is 5.82 Å². The molecule has 7 nitrogen and oxygen atoms in total. The first kappa shape index (κ1) is 15.2. The zero-order chi connectivity index (χ0) is 15.9. The average molecular weight is 323 g/mol. The summed E-state index contributed by atoms with van der Waals surface area (Å²) in [4.78, 5) is 8.42. The molecule has 8 heteroatoms. The summed E-state index contributed by atoms with van der Waals surface area (Å²) in [5.41, 5.74) is 1.13. The van der Waals surface area contributed by atoms with Crippen LogP contribution in [0.25, 0.3) is 0 Å². The average Bonchev–Trinajstić information content (AvgIpc) is 2.98. The maximum Gasteiger partial charge on any atom is 0.262 e. The molecule has 0 unspecified atom stereocenters. The minimum atomic E-state index is -3.48. The van der Waals surface area contributed by atoms with Crippen molar-refractivity contribution >= 4 is 10.0 Å². The number of aryl methyl sites for hydroxylation is 2. The number of sulfonamides is 1. The van der Waals surface area contributed by atoms with Gasteiger partial charge >= 0.3 is 0 Å². The Morgan fingerprint density at radius 2 is 2.05 bits per heavy atom. The molecule has 3 heterocycles. The SMILES string of the molecule is CCCn1c(C)cnc1C1CN(S(=O)(=O)c2cn(C)cn2)C1. The first-order chi connectivity index (χ1) is 10.4. The van der Waals surface area contributed by atoms with Gasteiger partial charge in [-0.25, -0.2) is 18.4 Å². The molecule has 0 bridgehead atoms. The smallest absolute Gasteiger partial charge is 0.262 e. The van der Waals surface area contributed by atoms with E-state index < -0.39 is 10.0 Å². The van der Waals surface area contributed by atoms with Gasteiger partial charge in [0.2, 0.25) is 0 Å². The van der Waals surface area contributed by atoms with E-state index in [1.807, 2.05) is 13.1 Å². The Morgan fingerprint density at radius 1 is 1.32 bits per heavy atom. The largest absolute Gasteiger partial charge is 0.339 e. The van der Waals surface area contributed by atoms with Gasteiger partial charge in [-0.1, -0.05) is 6.92 Å². The van der Waals surface area contributed by atoms with Crippen LogP contribution in [-0.4, -0.2) is 44.9 Å². The van der Waals surface area contributed by atoms with E-state index in [0.717, 1.165) is 24.5 Å². The van der Waals surface area contributed by atoms with Gasteiger partial charge in [-0.3, -0.25) is 0 Å². The van der Waals surface area contributed by atoms with Crippen LogP contribution in [0.2, 0.25) is 0 Å². The maximum atomic E-state index is 12.4. The van der Waals surface area contributed by atoms with Gasteiger partial charge in [0.25, 0.3) is 10.0 Å². The molecule has 0 atom stereocenters. The number of nitrogens with zero attached hydrogens (tertiary/aromatic N) is 5. The molecular weight excluding hydrogens is 302 g/mol. The molecule has 3 rings (SSSR count). The molecule has 1 aliphatic heterocycles. The van der Waals surface area contributed by atoms with Crippen LogP contribution in [0.15, 0.2) is 23.7 Å². The van der Waals surface area contributed by atoms with Gasteiger partial charge in [0.15, 0.2) is 5.03 Å². The summed E-state index contributed by atoms with van der Waals surface area (Å²) >= 11 is 0. The Kier molecular flexibility index (Phi) is 3.82. The van der Waals surface area contributed by atoms with Crippen molar-refractivity contribution in [3.63, 3.8) is 0 Å². The predicted octanol–water partition coefficient (Wildman–Crippen LogP) is 1.12. The molecule has 0 amide bonds. The molecule has 22 heavy (non-hydrogen) atoms. The van der Waals surface area contributed by atoms with Crippen LogP contribution >= 0.6 is 0 Å². The molecule has 0 radical (unpaired) electrons. The summed E-state index contributed by atoms with van der Waals surface area (Å²) in [6, 6.07) is 0. The van der Waals surface area contributed by atoms with Gasteiger partial charge in [-0.05, 0) is 13.3 Å². The first-order valence-corrected chi connectivity index (χ1v) is 8.87. The molecule has 1 aliphatic rings. The van der Waals surface area contributed by atoms with Crippen molar-refractivity contribution in [3.8, 4) is 0 Å². The van der Waals surface area contributed by atoms with Crippen molar-refractivity contribution in [1.29, 1.82) is 0 Å². The zero-order valence-electron chi connectivity index (χ0n) is 13.1. The molecule has 0 saturated carbocycles. The molecule has 0 spiro atoms. The highest BCUT2D eigenvalue weighted by molar-refractivity contribution is 7.89. The van der Waals surface area contributed by atoms with Gasteiger partial charge in [-0.2, -0.15) is 4.31 Å². The van der Waals surface area contributed by atoms with E-state index in [1.165, 1.54) is 16.8 Å². The lowest BCUT2D eigenvalue weighted by molar-refractivity contribution is 0.250. The Labute approximate surface area is 130 Å². The minimum absolute atomic E-state index is 0.113. The lowest BCUT2D eigenvalue weighted by atomic mass is 10.0. The molecule has 2 aromatic rings. The van der Waals surface area contributed by atoms with Crippen LogP contribution in [0.5, 0.6) is 0 Å². The number of rotatable bonds is 5. The first-order valence-electron chi connectivity index (χ1n) is 7.43. The summed E-state index contributed by atoms with van der Waals surface area (Å²) < 4.78 is 30.2. The second-order valence-electron chi connectivity index (χ2n) is 5.81. The van der Waals surface area contributed by atoms with Crippen LogP contribution in [-0.2, 0) is 23.6 Å². The molecule has 2 aromatic heterocycles. The Bertz CT molecular complexity index is 771. The lowest BCUT2D eigenvalue weighted by Gasteiger charge is -2.37. The van der Waals surface area contributed by atoms with Crippen molar-refractivity contribution in [2.24, 2.45) is 7.05 Å². The number of hydrogen-bond donors (Lipinski definition) is 0. The highest BCUT2D eigenvalue weighted by atomic mass is 32.2. The molecule has 1 saturated heterocycles. The summed E-state index contributed by atoms with van der Waals surface area (Å²) in [5, 5.41) is 0.113. The molecular formula is C14H21N5O2S. The third-order valence-electron chi connectivity index (χ3n) is 4.03. The summed E-state index contributed by atoms with van der Waals surface area (Å²) in [7, 11) is -1.72. The molecule has 120 valence electrons. The zero-order valence-corrected chi connectivity index (χ0v) is 13.9. The van der Waals surface area contributed by atoms with Gasteiger partial charge < -0.3 is 9.13 Å². The number of imidazole rings is 2. The highest BCUT2D eigenvalue weighted by Gasteiger charge is 2.40. The molecule has 0 aromatic carbocycles. The number of aromatic nitrogens is 4. The van der Waals surface area contributed by atoms with Crippen molar-refractivity contribution in [2.75, 3.05) is 13.1 Å². The van der Waals surface area contributed by atoms with Crippen LogP contribution < -0.4 is 0 Å². The van der Waals surface area contributed by atoms with E-state index in [4.69, 9.17) is 0 Å². The van der Waals surface area contributed by atoms with Crippen LogP contribution in [0.3, 0.4) is 0 Å². The normalized spacial score (nSPS) is 16.9. The van der Waals surface area contributed by atoms with Gasteiger partial charge in [0, 0.05) is 50.7 Å². The summed E-state index contributed by atoms with van der Waals surface area (Å²) in [6.45, 7) is 6.03. The fourth-order valence-electron chi connectivity index (χ4n) is 2.77. The molecule has 1 fully saturated rings. The minimum Gasteiger partial charge on any atom is -0.339 e. The third kappa shape index (κ3) is 2.46. The van der Waals surface area contributed by atoms with Crippen molar-refractivity contribution < 1.29 is 8.42 Å².